The van der Waals surface area contributed by atoms with Gasteiger partial charge in [0.15, 0.2) is 0 Å². The number of ether oxygens (including phenoxy) is 1. The van der Waals surface area contributed by atoms with Crippen molar-refractivity contribution in [1.82, 2.24) is 10.6 Å². The van der Waals surface area contributed by atoms with E-state index in [9.17, 15) is 4.79 Å². The molecule has 3 rings (SSSR count). The lowest BCUT2D eigenvalue weighted by Crippen LogP contribution is -2.26. The summed E-state index contributed by atoms with van der Waals surface area (Å²) in [7, 11) is 0. The van der Waals surface area contributed by atoms with Gasteiger partial charge in [0.25, 0.3) is 0 Å². The Balaban J connectivity index is 1.23. The zero-order valence-electron chi connectivity index (χ0n) is 16.6. The molecule has 0 radical (unpaired) electrons. The first kappa shape index (κ1) is 20.6. The standard InChI is InChI=1S/C25H28N2O2/c28-25(29-20-22-9-3-1-4-10-22)27-18-8-7-17-26-19-21-13-15-24(16-14-21)23-11-5-2-6-12-23/h1-6,9-16,26H,7-8,17-20H2,(H,27,28). The topological polar surface area (TPSA) is 50.4 Å². The quantitative estimate of drug-likeness (QED) is 0.472. The highest BCUT2D eigenvalue weighted by atomic mass is 16.5. The molecule has 29 heavy (non-hydrogen) atoms. The van der Waals surface area contributed by atoms with Crippen molar-refractivity contribution in [1.29, 1.82) is 0 Å². The lowest BCUT2D eigenvalue weighted by atomic mass is 10.0. The maximum atomic E-state index is 11.7. The molecule has 0 saturated carbocycles. The maximum absolute atomic E-state index is 11.7. The van der Waals surface area contributed by atoms with E-state index in [1.165, 1.54) is 16.7 Å². The number of hydrogen-bond acceptors (Lipinski definition) is 3. The van der Waals surface area contributed by atoms with Gasteiger partial charge in [-0.15, -0.1) is 0 Å². The second-order valence-corrected chi connectivity index (χ2v) is 6.94. The summed E-state index contributed by atoms with van der Waals surface area (Å²) >= 11 is 0. The smallest absolute Gasteiger partial charge is 0.407 e. The van der Waals surface area contributed by atoms with E-state index in [0.717, 1.165) is 31.5 Å². The molecule has 3 aromatic carbocycles. The first-order chi connectivity index (χ1) is 14.3. The van der Waals surface area contributed by atoms with Gasteiger partial charge in [-0.3, -0.25) is 0 Å². The molecule has 0 spiro atoms. The number of carbonyl (C=O) groups excluding carboxylic acids is 1. The van der Waals surface area contributed by atoms with Crippen LogP contribution in [0.1, 0.15) is 24.0 Å². The predicted octanol–water partition coefficient (Wildman–Crippen LogP) is 5.15. The van der Waals surface area contributed by atoms with E-state index in [0.29, 0.717) is 13.2 Å². The highest BCUT2D eigenvalue weighted by molar-refractivity contribution is 5.67. The Morgan fingerprint density at radius 1 is 0.690 bits per heavy atom. The number of carbonyl (C=O) groups is 1. The Bertz CT molecular complexity index is 849. The van der Waals surface area contributed by atoms with Crippen molar-refractivity contribution in [2.45, 2.75) is 26.0 Å². The molecule has 0 heterocycles. The van der Waals surface area contributed by atoms with Crippen LogP contribution in [0.25, 0.3) is 11.1 Å². The normalized spacial score (nSPS) is 10.5. The lowest BCUT2D eigenvalue weighted by molar-refractivity contribution is 0.139. The average Bonchev–Trinajstić information content (AvgIpc) is 2.79. The van der Waals surface area contributed by atoms with Crippen molar-refractivity contribution < 1.29 is 9.53 Å². The third-order valence-electron chi connectivity index (χ3n) is 4.65. The molecule has 150 valence electrons. The van der Waals surface area contributed by atoms with Gasteiger partial charge < -0.3 is 15.4 Å². The Labute approximate surface area is 172 Å². The van der Waals surface area contributed by atoms with E-state index in [2.05, 4.69) is 59.2 Å². The minimum atomic E-state index is -0.361. The summed E-state index contributed by atoms with van der Waals surface area (Å²) in [5.74, 6) is 0. The van der Waals surface area contributed by atoms with Crippen molar-refractivity contribution in [3.63, 3.8) is 0 Å². The summed E-state index contributed by atoms with van der Waals surface area (Å²) in [5, 5.41) is 6.25. The Hall–Kier alpha value is -3.11. The van der Waals surface area contributed by atoms with Crippen molar-refractivity contribution in [2.75, 3.05) is 13.1 Å². The van der Waals surface area contributed by atoms with E-state index in [1.54, 1.807) is 0 Å². The van der Waals surface area contributed by atoms with Crippen LogP contribution in [0.15, 0.2) is 84.9 Å². The summed E-state index contributed by atoms with van der Waals surface area (Å²) in [4.78, 5) is 11.7. The van der Waals surface area contributed by atoms with Crippen LogP contribution in [-0.4, -0.2) is 19.2 Å². The van der Waals surface area contributed by atoms with Crippen LogP contribution in [0.2, 0.25) is 0 Å². The fourth-order valence-electron chi connectivity index (χ4n) is 3.02. The number of nitrogens with one attached hydrogen (secondary N) is 2. The third kappa shape index (κ3) is 7.43. The minimum absolute atomic E-state index is 0.303. The van der Waals surface area contributed by atoms with E-state index in [1.807, 2.05) is 36.4 Å². The average molecular weight is 389 g/mol. The van der Waals surface area contributed by atoms with Crippen molar-refractivity contribution in [3.05, 3.63) is 96.1 Å². The van der Waals surface area contributed by atoms with Gasteiger partial charge in [-0.25, -0.2) is 4.79 Å². The minimum Gasteiger partial charge on any atom is -0.445 e. The monoisotopic (exact) mass is 388 g/mol. The molecule has 4 heteroatoms. The van der Waals surface area contributed by atoms with Gasteiger partial charge in [-0.2, -0.15) is 0 Å². The summed E-state index contributed by atoms with van der Waals surface area (Å²) in [6.07, 6.45) is 1.56. The van der Waals surface area contributed by atoms with Gasteiger partial charge in [0.05, 0.1) is 0 Å². The van der Waals surface area contributed by atoms with Gasteiger partial charge in [0, 0.05) is 13.1 Å². The summed E-state index contributed by atoms with van der Waals surface area (Å²) in [6, 6.07) is 28.7. The van der Waals surface area contributed by atoms with Crippen LogP contribution in [0.4, 0.5) is 4.79 Å². The SMILES string of the molecule is O=C(NCCCCNCc1ccc(-c2ccccc2)cc1)OCc1ccccc1. The Kier molecular flexibility index (Phi) is 8.30. The first-order valence-corrected chi connectivity index (χ1v) is 10.1. The van der Waals surface area contributed by atoms with Gasteiger partial charge in [-0.05, 0) is 41.6 Å². The fraction of sp³-hybridized carbons (Fsp3) is 0.240. The lowest BCUT2D eigenvalue weighted by Gasteiger charge is -2.08. The molecule has 0 fully saturated rings. The van der Waals surface area contributed by atoms with E-state index in [4.69, 9.17) is 4.74 Å². The van der Waals surface area contributed by atoms with Crippen molar-refractivity contribution in [3.8, 4) is 11.1 Å². The Morgan fingerprint density at radius 3 is 2.03 bits per heavy atom. The van der Waals surface area contributed by atoms with Crippen LogP contribution in [0.3, 0.4) is 0 Å². The second-order valence-electron chi connectivity index (χ2n) is 6.94. The fourth-order valence-corrected chi connectivity index (χ4v) is 3.02. The zero-order chi connectivity index (χ0) is 20.2. The summed E-state index contributed by atoms with van der Waals surface area (Å²) in [5.41, 5.74) is 4.73. The van der Waals surface area contributed by atoms with Gasteiger partial charge in [0.1, 0.15) is 6.61 Å². The predicted molar refractivity (Wildman–Crippen MR) is 117 cm³/mol. The highest BCUT2D eigenvalue weighted by Crippen LogP contribution is 2.19. The number of hydrogen-bond donors (Lipinski definition) is 2. The summed E-state index contributed by atoms with van der Waals surface area (Å²) in [6.45, 7) is 2.70. The molecule has 0 aliphatic rings. The van der Waals surface area contributed by atoms with Crippen molar-refractivity contribution >= 4 is 6.09 Å². The molecule has 0 aliphatic heterocycles. The molecular weight excluding hydrogens is 360 g/mol. The van der Waals surface area contributed by atoms with Crippen LogP contribution in [0, 0.1) is 0 Å². The number of alkyl carbamates (subject to hydrolysis) is 1. The largest absolute Gasteiger partial charge is 0.445 e. The Morgan fingerprint density at radius 2 is 1.31 bits per heavy atom. The van der Waals surface area contributed by atoms with E-state index < -0.39 is 0 Å². The van der Waals surface area contributed by atoms with Crippen LogP contribution < -0.4 is 10.6 Å². The number of benzene rings is 3. The molecule has 0 aliphatic carbocycles. The van der Waals surface area contributed by atoms with E-state index >= 15 is 0 Å². The molecule has 2 N–H and O–H groups in total. The van der Waals surface area contributed by atoms with Gasteiger partial charge in [-0.1, -0.05) is 84.9 Å². The zero-order valence-corrected chi connectivity index (χ0v) is 16.6. The molecule has 0 bridgehead atoms. The molecule has 3 aromatic rings. The molecule has 0 aromatic heterocycles. The highest BCUT2D eigenvalue weighted by Gasteiger charge is 2.02. The number of amides is 1. The molecular formula is C25H28N2O2. The molecule has 1 amide bonds. The van der Waals surface area contributed by atoms with Crippen LogP contribution in [0.5, 0.6) is 0 Å². The molecule has 4 nitrogen and oxygen atoms in total. The second kappa shape index (κ2) is 11.7. The molecule has 0 unspecified atom stereocenters. The number of rotatable bonds is 10. The maximum Gasteiger partial charge on any atom is 0.407 e. The van der Waals surface area contributed by atoms with Crippen molar-refractivity contribution in [2.24, 2.45) is 0 Å². The third-order valence-corrected chi connectivity index (χ3v) is 4.65. The molecule has 0 atom stereocenters. The summed E-state index contributed by atoms with van der Waals surface area (Å²) < 4.78 is 5.19. The molecule has 0 saturated heterocycles. The van der Waals surface area contributed by atoms with Crippen LogP contribution >= 0.6 is 0 Å². The number of unbranched alkanes of at least 4 members (excludes halogenated alkanes) is 1. The van der Waals surface area contributed by atoms with Crippen LogP contribution in [-0.2, 0) is 17.9 Å². The van der Waals surface area contributed by atoms with Gasteiger partial charge in [0.2, 0.25) is 0 Å². The van der Waals surface area contributed by atoms with Gasteiger partial charge >= 0.3 is 6.09 Å². The first-order valence-electron chi connectivity index (χ1n) is 10.1. The van der Waals surface area contributed by atoms with E-state index in [-0.39, 0.29) is 6.09 Å².